The normalized spacial score (nSPS) is 11.5. The van der Waals surface area contributed by atoms with Crippen LogP contribution in [0.25, 0.3) is 21.5 Å². The van der Waals surface area contributed by atoms with Crippen molar-refractivity contribution in [1.82, 2.24) is 0 Å². The van der Waals surface area contributed by atoms with E-state index in [0.717, 1.165) is 31.2 Å². The molecular formula is C34H42O6. The molecule has 0 spiro atoms. The van der Waals surface area contributed by atoms with Crippen LogP contribution in [0.1, 0.15) is 77.7 Å². The number of aryl methyl sites for hydroxylation is 1. The van der Waals surface area contributed by atoms with E-state index in [9.17, 15) is 9.59 Å². The number of fused-ring (bicyclic) bond motifs is 2. The molecule has 0 saturated carbocycles. The zero-order chi connectivity index (χ0) is 28.6. The van der Waals surface area contributed by atoms with E-state index in [1.807, 2.05) is 73.7 Å². The summed E-state index contributed by atoms with van der Waals surface area (Å²) in [5, 5.41) is 2.63. The first kappa shape index (κ1) is 30.7. The monoisotopic (exact) mass is 546 g/mol. The Bertz CT molecular complexity index is 1310. The highest BCUT2D eigenvalue weighted by Gasteiger charge is 2.22. The molecule has 0 saturated heterocycles. The van der Waals surface area contributed by atoms with Crippen molar-refractivity contribution in [3.05, 3.63) is 72.3 Å². The van der Waals surface area contributed by atoms with E-state index in [4.69, 9.17) is 18.9 Å². The van der Waals surface area contributed by atoms with Crippen LogP contribution in [0.3, 0.4) is 0 Å². The largest absolute Gasteiger partial charge is 0.514 e. The van der Waals surface area contributed by atoms with Crippen LogP contribution in [-0.2, 0) is 15.9 Å². The van der Waals surface area contributed by atoms with Crippen LogP contribution in [0.4, 0.5) is 9.59 Å². The van der Waals surface area contributed by atoms with Gasteiger partial charge in [-0.15, -0.1) is 0 Å². The molecule has 6 heteroatoms. The van der Waals surface area contributed by atoms with Gasteiger partial charge in [-0.3, -0.25) is 0 Å². The number of hydrogen-bond acceptors (Lipinski definition) is 6. The predicted molar refractivity (Wildman–Crippen MR) is 161 cm³/mol. The van der Waals surface area contributed by atoms with Crippen LogP contribution in [-0.4, -0.2) is 25.5 Å². The van der Waals surface area contributed by atoms with E-state index in [-0.39, 0.29) is 13.2 Å². The SMILES string of the molecule is CCCCC/C=C/COC(=O)Oc1c2ccccc2c(OC(=O)OC/C=C/CCCCC)c2c(CC)cccc12. The molecule has 0 aromatic heterocycles. The zero-order valence-corrected chi connectivity index (χ0v) is 24.1. The molecule has 0 amide bonds. The van der Waals surface area contributed by atoms with Crippen LogP contribution in [0.2, 0.25) is 0 Å². The lowest BCUT2D eigenvalue weighted by Crippen LogP contribution is -2.13. The number of carbonyl (C=O) groups excluding carboxylic acids is 2. The van der Waals surface area contributed by atoms with Gasteiger partial charge in [-0.2, -0.15) is 0 Å². The molecule has 0 bridgehead atoms. The van der Waals surface area contributed by atoms with Gasteiger partial charge >= 0.3 is 12.3 Å². The Morgan fingerprint density at radius 2 is 1.15 bits per heavy atom. The number of ether oxygens (including phenoxy) is 4. The Balaban J connectivity index is 1.84. The third kappa shape index (κ3) is 8.87. The number of carbonyl (C=O) groups is 2. The molecule has 3 aromatic carbocycles. The average molecular weight is 547 g/mol. The van der Waals surface area contributed by atoms with Gasteiger partial charge < -0.3 is 18.9 Å². The molecule has 40 heavy (non-hydrogen) atoms. The number of benzene rings is 3. The summed E-state index contributed by atoms with van der Waals surface area (Å²) >= 11 is 0. The fourth-order valence-corrected chi connectivity index (χ4v) is 4.58. The molecule has 3 aromatic rings. The molecule has 0 radical (unpaired) electrons. The van der Waals surface area contributed by atoms with E-state index in [1.54, 1.807) is 0 Å². The minimum Gasteiger partial charge on any atom is -0.430 e. The fraction of sp³-hybridized carbons (Fsp3) is 0.412. The molecule has 0 atom stereocenters. The lowest BCUT2D eigenvalue weighted by molar-refractivity contribution is 0.109. The number of allylic oxidation sites excluding steroid dienone is 2. The number of hydrogen-bond donors (Lipinski definition) is 0. The highest BCUT2D eigenvalue weighted by molar-refractivity contribution is 6.13. The maximum Gasteiger partial charge on any atom is 0.514 e. The van der Waals surface area contributed by atoms with E-state index in [2.05, 4.69) is 13.8 Å². The van der Waals surface area contributed by atoms with Crippen LogP contribution in [0, 0.1) is 0 Å². The van der Waals surface area contributed by atoms with Crippen LogP contribution in [0.5, 0.6) is 11.5 Å². The summed E-state index contributed by atoms with van der Waals surface area (Å²) in [5.74, 6) is 0.754. The van der Waals surface area contributed by atoms with Gasteiger partial charge in [0.15, 0.2) is 5.75 Å². The quantitative estimate of drug-likeness (QED) is 0.0621. The topological polar surface area (TPSA) is 71.1 Å². The smallest absolute Gasteiger partial charge is 0.430 e. The Morgan fingerprint density at radius 1 is 0.625 bits per heavy atom. The summed E-state index contributed by atoms with van der Waals surface area (Å²) in [6.07, 6.45) is 15.7. The van der Waals surface area contributed by atoms with Crippen molar-refractivity contribution in [3.8, 4) is 11.5 Å². The Kier molecular flexibility index (Phi) is 13.1. The lowest BCUT2D eigenvalue weighted by atomic mass is 9.96. The van der Waals surface area contributed by atoms with Gasteiger partial charge in [0.05, 0.1) is 0 Å². The third-order valence-electron chi connectivity index (χ3n) is 6.67. The molecule has 0 aliphatic heterocycles. The first-order chi connectivity index (χ1) is 19.6. The highest BCUT2D eigenvalue weighted by Crippen LogP contribution is 2.44. The van der Waals surface area contributed by atoms with Crippen molar-refractivity contribution in [2.75, 3.05) is 13.2 Å². The summed E-state index contributed by atoms with van der Waals surface area (Å²) in [6, 6.07) is 13.1. The first-order valence-electron chi connectivity index (χ1n) is 14.6. The molecule has 0 aliphatic carbocycles. The van der Waals surface area contributed by atoms with Crippen molar-refractivity contribution in [2.24, 2.45) is 0 Å². The van der Waals surface area contributed by atoms with Crippen molar-refractivity contribution in [3.63, 3.8) is 0 Å². The van der Waals surface area contributed by atoms with Crippen molar-refractivity contribution < 1.29 is 28.5 Å². The average Bonchev–Trinajstić information content (AvgIpc) is 2.97. The number of rotatable bonds is 15. The van der Waals surface area contributed by atoms with E-state index >= 15 is 0 Å². The second-order valence-corrected chi connectivity index (χ2v) is 9.66. The standard InChI is InChI=1S/C34H42O6/c1-4-7-9-11-13-17-24-37-33(35)39-31-27-21-15-16-22-28(27)32(30-26(6-3)20-19-23-29(30)31)40-34(36)38-25-18-14-12-10-8-5-2/h13-23H,4-12,24-25H2,1-3H3/b17-13+,18-14+. The maximum atomic E-state index is 12.7. The minimum atomic E-state index is -0.787. The first-order valence-corrected chi connectivity index (χ1v) is 14.6. The van der Waals surface area contributed by atoms with Crippen LogP contribution < -0.4 is 9.47 Å². The Labute approximate surface area is 237 Å². The van der Waals surface area contributed by atoms with Gasteiger partial charge in [-0.05, 0) is 37.7 Å². The summed E-state index contributed by atoms with van der Waals surface area (Å²) in [5.41, 5.74) is 0.954. The van der Waals surface area contributed by atoms with Crippen molar-refractivity contribution >= 4 is 33.9 Å². The summed E-state index contributed by atoms with van der Waals surface area (Å²) in [4.78, 5) is 25.4. The predicted octanol–water partition coefficient (Wildman–Crippen LogP) is 9.86. The molecule has 3 rings (SSSR count). The molecule has 0 unspecified atom stereocenters. The van der Waals surface area contributed by atoms with Gasteiger partial charge in [0.2, 0.25) is 0 Å². The fourth-order valence-electron chi connectivity index (χ4n) is 4.58. The molecule has 0 heterocycles. The van der Waals surface area contributed by atoms with Crippen molar-refractivity contribution in [2.45, 2.75) is 78.6 Å². The van der Waals surface area contributed by atoms with Gasteiger partial charge in [0.25, 0.3) is 0 Å². The summed E-state index contributed by atoms with van der Waals surface area (Å²) < 4.78 is 22.3. The van der Waals surface area contributed by atoms with Crippen LogP contribution >= 0.6 is 0 Å². The van der Waals surface area contributed by atoms with E-state index in [1.165, 1.54) is 25.7 Å². The van der Waals surface area contributed by atoms with Crippen LogP contribution in [0.15, 0.2) is 66.8 Å². The molecule has 214 valence electrons. The molecular weight excluding hydrogens is 504 g/mol. The maximum absolute atomic E-state index is 12.7. The van der Waals surface area contributed by atoms with Gasteiger partial charge in [-0.25, -0.2) is 9.59 Å². The third-order valence-corrected chi connectivity index (χ3v) is 6.67. The summed E-state index contributed by atoms with van der Waals surface area (Å²) in [7, 11) is 0. The second-order valence-electron chi connectivity index (χ2n) is 9.66. The van der Waals surface area contributed by atoms with Gasteiger partial charge in [-0.1, -0.05) is 113 Å². The number of unbranched alkanes of at least 4 members (excludes halogenated alkanes) is 6. The van der Waals surface area contributed by atoms with E-state index < -0.39 is 12.3 Å². The molecule has 0 fully saturated rings. The molecule has 0 aliphatic rings. The lowest BCUT2D eigenvalue weighted by Gasteiger charge is -2.18. The van der Waals surface area contributed by atoms with Gasteiger partial charge in [0, 0.05) is 21.5 Å². The minimum absolute atomic E-state index is 0.140. The summed E-state index contributed by atoms with van der Waals surface area (Å²) in [6.45, 7) is 6.64. The second kappa shape index (κ2) is 17.0. The molecule has 6 nitrogen and oxygen atoms in total. The molecule has 0 N–H and O–H groups in total. The van der Waals surface area contributed by atoms with Crippen molar-refractivity contribution in [1.29, 1.82) is 0 Å². The van der Waals surface area contributed by atoms with Gasteiger partial charge in [0.1, 0.15) is 19.0 Å². The zero-order valence-electron chi connectivity index (χ0n) is 24.1. The highest BCUT2D eigenvalue weighted by atomic mass is 16.7. The Morgan fingerprint density at radius 3 is 1.70 bits per heavy atom. The Hall–Kier alpha value is -3.80. The van der Waals surface area contributed by atoms with E-state index in [0.29, 0.717) is 39.5 Å².